The number of halogens is 1. The third-order valence-corrected chi connectivity index (χ3v) is 4.62. The highest BCUT2D eigenvalue weighted by molar-refractivity contribution is 14.0. The summed E-state index contributed by atoms with van der Waals surface area (Å²) in [5.74, 6) is 1.95. The van der Waals surface area contributed by atoms with Crippen LogP contribution in [0.5, 0.6) is 0 Å². The van der Waals surface area contributed by atoms with Gasteiger partial charge in [-0.2, -0.15) is 0 Å². The largest absolute Gasteiger partial charge is 0.357 e. The molecule has 1 N–H and O–H groups in total. The molecule has 1 unspecified atom stereocenters. The van der Waals surface area contributed by atoms with Crippen LogP contribution >= 0.6 is 24.0 Å². The molecule has 2 heterocycles. The normalized spacial score (nSPS) is 27.8. The van der Waals surface area contributed by atoms with Gasteiger partial charge in [-0.05, 0) is 51.5 Å². The van der Waals surface area contributed by atoms with Crippen molar-refractivity contribution in [3.05, 3.63) is 0 Å². The van der Waals surface area contributed by atoms with Crippen LogP contribution in [0, 0.1) is 5.92 Å². The second-order valence-corrected chi connectivity index (χ2v) is 6.27. The molecule has 0 aromatic carbocycles. The molecule has 0 aromatic rings. The fraction of sp³-hybridized carbons (Fsp3) is 0.933. The maximum Gasteiger partial charge on any atom is 0.193 e. The number of nitrogens with one attached hydrogen (secondary N) is 1. The van der Waals surface area contributed by atoms with E-state index in [2.05, 4.69) is 22.0 Å². The van der Waals surface area contributed by atoms with E-state index in [1.165, 1.54) is 58.3 Å². The quantitative estimate of drug-likeness (QED) is 0.452. The van der Waals surface area contributed by atoms with E-state index in [-0.39, 0.29) is 24.0 Å². The van der Waals surface area contributed by atoms with Gasteiger partial charge in [0.25, 0.3) is 0 Å². The molecule has 116 valence electrons. The molecule has 1 aliphatic carbocycles. The number of nitrogens with zero attached hydrogens (tertiary/aromatic N) is 3. The molecule has 0 spiro atoms. The minimum atomic E-state index is 0. The van der Waals surface area contributed by atoms with Crippen molar-refractivity contribution in [3.63, 3.8) is 0 Å². The Hall–Kier alpha value is -0.0400. The number of likely N-dealkylation sites (tertiary alicyclic amines) is 2. The number of hydrogen-bond acceptors (Lipinski definition) is 2. The summed E-state index contributed by atoms with van der Waals surface area (Å²) in [5.41, 5.74) is 0. The predicted molar refractivity (Wildman–Crippen MR) is 94.9 cm³/mol. The number of hydrogen-bond donors (Lipinski definition) is 1. The Bertz CT molecular complexity index is 324. The minimum Gasteiger partial charge on any atom is -0.357 e. The van der Waals surface area contributed by atoms with Gasteiger partial charge in [0.1, 0.15) is 0 Å². The van der Waals surface area contributed by atoms with E-state index < -0.39 is 0 Å². The lowest BCUT2D eigenvalue weighted by atomic mass is 10.1. The number of aliphatic imine (C=N–C) groups is 1. The van der Waals surface area contributed by atoms with Crippen molar-refractivity contribution in [2.24, 2.45) is 10.9 Å². The highest BCUT2D eigenvalue weighted by atomic mass is 127. The van der Waals surface area contributed by atoms with Crippen LogP contribution in [0.15, 0.2) is 4.99 Å². The van der Waals surface area contributed by atoms with Gasteiger partial charge in [0.05, 0.1) is 0 Å². The van der Waals surface area contributed by atoms with Crippen LogP contribution < -0.4 is 5.32 Å². The van der Waals surface area contributed by atoms with Gasteiger partial charge in [-0.25, -0.2) is 0 Å². The fourth-order valence-electron chi connectivity index (χ4n) is 3.35. The Kier molecular flexibility index (Phi) is 6.39. The summed E-state index contributed by atoms with van der Waals surface area (Å²) in [6.07, 6.45) is 6.87. The number of rotatable bonds is 4. The summed E-state index contributed by atoms with van der Waals surface area (Å²) in [7, 11) is 0. The van der Waals surface area contributed by atoms with Crippen molar-refractivity contribution in [2.75, 3.05) is 39.3 Å². The van der Waals surface area contributed by atoms with E-state index >= 15 is 0 Å². The molecule has 1 atom stereocenters. The van der Waals surface area contributed by atoms with Gasteiger partial charge in [-0.3, -0.25) is 4.99 Å². The SMILES string of the molecule is CCNC(=NCC1CCN(C2CC2)C1)N1CCCC1.I. The van der Waals surface area contributed by atoms with E-state index in [0.29, 0.717) is 0 Å². The molecule has 0 aromatic heterocycles. The Morgan fingerprint density at radius 3 is 2.55 bits per heavy atom. The van der Waals surface area contributed by atoms with Crippen LogP contribution in [0.3, 0.4) is 0 Å². The average molecular weight is 392 g/mol. The van der Waals surface area contributed by atoms with Crippen molar-refractivity contribution >= 4 is 29.9 Å². The summed E-state index contributed by atoms with van der Waals surface area (Å²) >= 11 is 0. The highest BCUT2D eigenvalue weighted by Gasteiger charge is 2.34. The fourth-order valence-corrected chi connectivity index (χ4v) is 3.35. The van der Waals surface area contributed by atoms with E-state index in [1.54, 1.807) is 0 Å². The first-order valence-electron chi connectivity index (χ1n) is 8.14. The molecule has 3 fully saturated rings. The van der Waals surface area contributed by atoms with Crippen molar-refractivity contribution in [2.45, 2.75) is 45.1 Å². The second kappa shape index (κ2) is 7.82. The lowest BCUT2D eigenvalue weighted by Crippen LogP contribution is -2.40. The van der Waals surface area contributed by atoms with Crippen LogP contribution in [0.4, 0.5) is 0 Å². The molecule has 0 amide bonds. The molecule has 0 bridgehead atoms. The Labute approximate surface area is 140 Å². The van der Waals surface area contributed by atoms with Crippen LogP contribution in [-0.4, -0.2) is 61.1 Å². The van der Waals surface area contributed by atoms with Crippen molar-refractivity contribution < 1.29 is 0 Å². The molecule has 1 saturated carbocycles. The maximum absolute atomic E-state index is 4.90. The van der Waals surface area contributed by atoms with Gasteiger partial charge in [0.2, 0.25) is 0 Å². The first-order chi connectivity index (χ1) is 9.36. The highest BCUT2D eigenvalue weighted by Crippen LogP contribution is 2.31. The monoisotopic (exact) mass is 392 g/mol. The lowest BCUT2D eigenvalue weighted by Gasteiger charge is -2.21. The van der Waals surface area contributed by atoms with Crippen LogP contribution in [0.1, 0.15) is 39.0 Å². The standard InChI is InChI=1S/C15H28N4.HI/c1-2-16-15(18-8-3-4-9-18)17-11-13-7-10-19(12-13)14-5-6-14;/h13-14H,2-12H2,1H3,(H,16,17);1H. The molecule has 4 nitrogen and oxygen atoms in total. The molecule has 20 heavy (non-hydrogen) atoms. The topological polar surface area (TPSA) is 30.9 Å². The zero-order chi connectivity index (χ0) is 13.1. The predicted octanol–water partition coefficient (Wildman–Crippen LogP) is 2.15. The van der Waals surface area contributed by atoms with E-state index in [1.807, 2.05) is 0 Å². The first-order valence-corrected chi connectivity index (χ1v) is 8.14. The van der Waals surface area contributed by atoms with Crippen LogP contribution in [0.25, 0.3) is 0 Å². The van der Waals surface area contributed by atoms with Crippen LogP contribution in [0.2, 0.25) is 0 Å². The summed E-state index contributed by atoms with van der Waals surface area (Å²) in [5, 5.41) is 3.46. The van der Waals surface area contributed by atoms with Gasteiger partial charge in [-0.1, -0.05) is 0 Å². The van der Waals surface area contributed by atoms with Gasteiger partial charge in [0, 0.05) is 38.8 Å². The maximum atomic E-state index is 4.90. The van der Waals surface area contributed by atoms with Gasteiger partial charge in [-0.15, -0.1) is 24.0 Å². The summed E-state index contributed by atoms with van der Waals surface area (Å²) in [6.45, 7) is 9.13. The average Bonchev–Trinajstić information content (AvgIpc) is 2.94. The van der Waals surface area contributed by atoms with Crippen LogP contribution in [-0.2, 0) is 0 Å². The van der Waals surface area contributed by atoms with E-state index in [0.717, 1.165) is 31.0 Å². The lowest BCUT2D eigenvalue weighted by molar-refractivity contribution is 0.315. The summed E-state index contributed by atoms with van der Waals surface area (Å²) in [4.78, 5) is 10.0. The Morgan fingerprint density at radius 2 is 1.90 bits per heavy atom. The summed E-state index contributed by atoms with van der Waals surface area (Å²) < 4.78 is 0. The van der Waals surface area contributed by atoms with E-state index in [9.17, 15) is 0 Å². The van der Waals surface area contributed by atoms with E-state index in [4.69, 9.17) is 4.99 Å². The molecular formula is C15H29IN4. The Balaban J connectivity index is 0.00000147. The molecule has 0 radical (unpaired) electrons. The first kappa shape index (κ1) is 16.3. The molecule has 5 heteroatoms. The smallest absolute Gasteiger partial charge is 0.193 e. The molecule has 3 aliphatic rings. The van der Waals surface area contributed by atoms with Crippen molar-refractivity contribution in [3.8, 4) is 0 Å². The molecule has 2 aliphatic heterocycles. The third kappa shape index (κ3) is 4.23. The van der Waals surface area contributed by atoms with Crippen molar-refractivity contribution in [1.29, 1.82) is 0 Å². The number of guanidine groups is 1. The molecule has 3 rings (SSSR count). The third-order valence-electron chi connectivity index (χ3n) is 4.62. The van der Waals surface area contributed by atoms with Gasteiger partial charge < -0.3 is 15.1 Å². The zero-order valence-corrected chi connectivity index (χ0v) is 15.0. The second-order valence-electron chi connectivity index (χ2n) is 6.27. The molecular weight excluding hydrogens is 363 g/mol. The van der Waals surface area contributed by atoms with Gasteiger partial charge in [0.15, 0.2) is 5.96 Å². The van der Waals surface area contributed by atoms with Gasteiger partial charge >= 0.3 is 0 Å². The summed E-state index contributed by atoms with van der Waals surface area (Å²) in [6, 6.07) is 0.931. The minimum absolute atomic E-state index is 0. The molecule has 2 saturated heterocycles. The zero-order valence-electron chi connectivity index (χ0n) is 12.7. The van der Waals surface area contributed by atoms with Crippen molar-refractivity contribution in [1.82, 2.24) is 15.1 Å². The Morgan fingerprint density at radius 1 is 1.15 bits per heavy atom.